The smallest absolute Gasteiger partial charge is 0.312 e. The zero-order valence-electron chi connectivity index (χ0n) is 9.71. The van der Waals surface area contributed by atoms with Gasteiger partial charge in [0.1, 0.15) is 0 Å². The van der Waals surface area contributed by atoms with Gasteiger partial charge >= 0.3 is 5.97 Å². The first-order valence-electron chi connectivity index (χ1n) is 5.30. The molecule has 0 saturated carbocycles. The zero-order valence-corrected chi connectivity index (χ0v) is 9.71. The number of halogens is 2. The van der Waals surface area contributed by atoms with E-state index < -0.39 is 23.5 Å². The van der Waals surface area contributed by atoms with Crippen LogP contribution in [0.25, 0.3) is 0 Å². The second-order valence-electron chi connectivity index (χ2n) is 4.19. The minimum atomic E-state index is -1.26. The van der Waals surface area contributed by atoms with Gasteiger partial charge in [-0.25, -0.2) is 8.78 Å². The molecule has 3 nitrogen and oxygen atoms in total. The normalized spacial score (nSPS) is 12.8. The Morgan fingerprint density at radius 3 is 2.41 bits per heavy atom. The molecule has 17 heavy (non-hydrogen) atoms. The van der Waals surface area contributed by atoms with E-state index in [-0.39, 0.29) is 18.0 Å². The van der Waals surface area contributed by atoms with E-state index >= 15 is 0 Å². The molecule has 94 valence electrons. The topological polar surface area (TPSA) is 63.3 Å². The fourth-order valence-electron chi connectivity index (χ4n) is 1.58. The van der Waals surface area contributed by atoms with Gasteiger partial charge in [-0.15, -0.1) is 0 Å². The number of rotatable bonds is 4. The molecule has 0 aliphatic rings. The summed E-state index contributed by atoms with van der Waals surface area (Å²) in [5.41, 5.74) is 5.64. The lowest BCUT2D eigenvalue weighted by molar-refractivity contribution is -0.138. The third-order valence-electron chi connectivity index (χ3n) is 2.65. The number of benzene rings is 1. The van der Waals surface area contributed by atoms with Crippen LogP contribution in [0.3, 0.4) is 0 Å². The highest BCUT2D eigenvalue weighted by Gasteiger charge is 2.24. The van der Waals surface area contributed by atoms with E-state index in [0.717, 1.165) is 6.07 Å². The maximum atomic E-state index is 13.5. The standard InChI is InChI=1S/C12H15F2NO2/c1-6(2)7-3-8(9(5-15)12(16)17)11(14)10(13)4-7/h3-4,6,9H,5,15H2,1-2H3,(H,16,17). The molecule has 0 saturated heterocycles. The van der Waals surface area contributed by atoms with Crippen molar-refractivity contribution in [3.8, 4) is 0 Å². The van der Waals surface area contributed by atoms with Gasteiger partial charge in [0, 0.05) is 12.1 Å². The number of aliphatic carboxylic acids is 1. The monoisotopic (exact) mass is 243 g/mol. The van der Waals surface area contributed by atoms with Crippen LogP contribution >= 0.6 is 0 Å². The van der Waals surface area contributed by atoms with Crippen molar-refractivity contribution in [1.82, 2.24) is 0 Å². The molecule has 1 aromatic carbocycles. The number of carboxylic acid groups (broad SMARTS) is 1. The molecule has 0 fully saturated rings. The summed E-state index contributed by atoms with van der Waals surface area (Å²) in [4.78, 5) is 10.9. The SMILES string of the molecule is CC(C)c1cc(F)c(F)c(C(CN)C(=O)O)c1. The van der Waals surface area contributed by atoms with Gasteiger partial charge in [0.05, 0.1) is 5.92 Å². The average molecular weight is 243 g/mol. The van der Waals surface area contributed by atoms with Crippen molar-refractivity contribution in [3.05, 3.63) is 34.9 Å². The quantitative estimate of drug-likeness (QED) is 0.852. The summed E-state index contributed by atoms with van der Waals surface area (Å²) >= 11 is 0. The van der Waals surface area contributed by atoms with Crippen molar-refractivity contribution in [3.63, 3.8) is 0 Å². The molecule has 0 heterocycles. The molecular formula is C12H15F2NO2. The van der Waals surface area contributed by atoms with Crippen molar-refractivity contribution >= 4 is 5.97 Å². The number of hydrogen-bond acceptors (Lipinski definition) is 2. The van der Waals surface area contributed by atoms with Crippen LogP contribution in [0.15, 0.2) is 12.1 Å². The lowest BCUT2D eigenvalue weighted by Gasteiger charge is -2.15. The molecule has 0 radical (unpaired) electrons. The minimum absolute atomic E-state index is 0.0175. The predicted molar refractivity (Wildman–Crippen MR) is 59.9 cm³/mol. The van der Waals surface area contributed by atoms with Crippen molar-refractivity contribution in [2.45, 2.75) is 25.7 Å². The lowest BCUT2D eigenvalue weighted by Crippen LogP contribution is -2.23. The Labute approximate surface area is 98.2 Å². The molecule has 1 aromatic rings. The highest BCUT2D eigenvalue weighted by Crippen LogP contribution is 2.26. The molecule has 0 bridgehead atoms. The highest BCUT2D eigenvalue weighted by atomic mass is 19.2. The Bertz CT molecular complexity index is 433. The van der Waals surface area contributed by atoms with E-state index in [1.54, 1.807) is 0 Å². The van der Waals surface area contributed by atoms with Crippen molar-refractivity contribution < 1.29 is 18.7 Å². The summed E-state index contributed by atoms with van der Waals surface area (Å²) in [5.74, 6) is -4.66. The third-order valence-corrected chi connectivity index (χ3v) is 2.65. The molecule has 1 rings (SSSR count). The summed E-state index contributed by atoms with van der Waals surface area (Å²) < 4.78 is 26.9. The summed E-state index contributed by atoms with van der Waals surface area (Å²) in [6, 6.07) is 2.45. The van der Waals surface area contributed by atoms with Gasteiger partial charge in [0.25, 0.3) is 0 Å². The maximum absolute atomic E-state index is 13.5. The molecule has 0 amide bonds. The van der Waals surface area contributed by atoms with E-state index in [1.165, 1.54) is 6.07 Å². The van der Waals surface area contributed by atoms with Gasteiger partial charge in [-0.05, 0) is 17.5 Å². The van der Waals surface area contributed by atoms with Crippen molar-refractivity contribution in [2.24, 2.45) is 5.73 Å². The van der Waals surface area contributed by atoms with Crippen LogP contribution in [0, 0.1) is 11.6 Å². The molecular weight excluding hydrogens is 228 g/mol. The first-order valence-corrected chi connectivity index (χ1v) is 5.30. The fraction of sp³-hybridized carbons (Fsp3) is 0.417. The largest absolute Gasteiger partial charge is 0.481 e. The maximum Gasteiger partial charge on any atom is 0.312 e. The van der Waals surface area contributed by atoms with Crippen LogP contribution in [-0.4, -0.2) is 17.6 Å². The summed E-state index contributed by atoms with van der Waals surface area (Å²) in [5, 5.41) is 8.90. The Morgan fingerprint density at radius 2 is 2.00 bits per heavy atom. The second kappa shape index (κ2) is 5.23. The molecule has 0 aromatic heterocycles. The van der Waals surface area contributed by atoms with Crippen LogP contribution < -0.4 is 5.73 Å². The van der Waals surface area contributed by atoms with Gasteiger partial charge in [0.2, 0.25) is 0 Å². The van der Waals surface area contributed by atoms with Gasteiger partial charge in [-0.2, -0.15) is 0 Å². The lowest BCUT2D eigenvalue weighted by atomic mass is 9.93. The highest BCUT2D eigenvalue weighted by molar-refractivity contribution is 5.76. The van der Waals surface area contributed by atoms with Crippen LogP contribution in [0.1, 0.15) is 36.8 Å². The first kappa shape index (κ1) is 13.6. The predicted octanol–water partition coefficient (Wildman–Crippen LogP) is 2.22. The molecule has 0 aliphatic carbocycles. The van der Waals surface area contributed by atoms with E-state index in [1.807, 2.05) is 13.8 Å². The first-order chi connectivity index (χ1) is 7.88. The van der Waals surface area contributed by atoms with Crippen LogP contribution in [0.5, 0.6) is 0 Å². The fourth-order valence-corrected chi connectivity index (χ4v) is 1.58. The number of hydrogen-bond donors (Lipinski definition) is 2. The zero-order chi connectivity index (χ0) is 13.2. The van der Waals surface area contributed by atoms with Crippen LogP contribution in [0.4, 0.5) is 8.78 Å². The molecule has 5 heteroatoms. The van der Waals surface area contributed by atoms with E-state index in [4.69, 9.17) is 10.8 Å². The molecule has 0 spiro atoms. The van der Waals surface area contributed by atoms with Crippen molar-refractivity contribution in [2.75, 3.05) is 6.54 Å². The number of carboxylic acids is 1. The Hall–Kier alpha value is -1.49. The minimum Gasteiger partial charge on any atom is -0.481 e. The van der Waals surface area contributed by atoms with Gasteiger partial charge in [-0.1, -0.05) is 19.9 Å². The summed E-state index contributed by atoms with van der Waals surface area (Å²) in [7, 11) is 0. The van der Waals surface area contributed by atoms with E-state index in [2.05, 4.69) is 0 Å². The molecule has 1 atom stereocenters. The Morgan fingerprint density at radius 1 is 1.41 bits per heavy atom. The summed E-state index contributed by atoms with van der Waals surface area (Å²) in [6.45, 7) is 3.36. The van der Waals surface area contributed by atoms with Crippen LogP contribution in [0.2, 0.25) is 0 Å². The molecule has 3 N–H and O–H groups in total. The van der Waals surface area contributed by atoms with Gasteiger partial charge in [-0.3, -0.25) is 4.79 Å². The Balaban J connectivity index is 3.35. The van der Waals surface area contributed by atoms with E-state index in [0.29, 0.717) is 5.56 Å². The Kier molecular flexibility index (Phi) is 4.17. The number of carbonyl (C=O) groups is 1. The van der Waals surface area contributed by atoms with Gasteiger partial charge in [0.15, 0.2) is 11.6 Å². The van der Waals surface area contributed by atoms with E-state index in [9.17, 15) is 13.6 Å². The number of nitrogens with two attached hydrogens (primary N) is 1. The molecule has 0 aliphatic heterocycles. The van der Waals surface area contributed by atoms with Crippen LogP contribution in [-0.2, 0) is 4.79 Å². The third kappa shape index (κ3) is 2.79. The molecule has 1 unspecified atom stereocenters. The van der Waals surface area contributed by atoms with Gasteiger partial charge < -0.3 is 10.8 Å². The second-order valence-corrected chi connectivity index (χ2v) is 4.19. The van der Waals surface area contributed by atoms with Crippen molar-refractivity contribution in [1.29, 1.82) is 0 Å². The summed E-state index contributed by atoms with van der Waals surface area (Å²) in [6.07, 6.45) is 0. The average Bonchev–Trinajstić information content (AvgIpc) is 2.24.